The highest BCUT2D eigenvalue weighted by molar-refractivity contribution is 7.80. The van der Waals surface area contributed by atoms with Crippen LogP contribution in [-0.4, -0.2) is 51.4 Å². The lowest BCUT2D eigenvalue weighted by Crippen LogP contribution is -2.52. The molecular weight excluding hydrogens is 376 g/mol. The second-order valence-electron chi connectivity index (χ2n) is 6.54. The number of aryl methyl sites for hydroxylation is 1. The standard InChI is InChI=1S/C20H20N4O3S/c1-12-10-15(11-16-18(26)22(3)20(28)23(4)19(16)27)13(2)24(12)21-17(25)14-8-6-5-7-9-14/h5-11H,1-4H3,(H,21,25). The van der Waals surface area contributed by atoms with E-state index in [9.17, 15) is 14.4 Å². The third-order valence-corrected chi connectivity index (χ3v) is 5.21. The normalized spacial score (nSPS) is 14.6. The fourth-order valence-electron chi connectivity index (χ4n) is 2.99. The van der Waals surface area contributed by atoms with E-state index in [1.807, 2.05) is 13.0 Å². The van der Waals surface area contributed by atoms with Crippen molar-refractivity contribution in [3.8, 4) is 0 Å². The van der Waals surface area contributed by atoms with Gasteiger partial charge in [-0.3, -0.25) is 34.3 Å². The molecule has 2 heterocycles. The van der Waals surface area contributed by atoms with Gasteiger partial charge in [-0.2, -0.15) is 0 Å². The fourth-order valence-corrected chi connectivity index (χ4v) is 3.16. The van der Waals surface area contributed by atoms with Crippen molar-refractivity contribution in [2.45, 2.75) is 13.8 Å². The van der Waals surface area contributed by atoms with Gasteiger partial charge in [0.05, 0.1) is 0 Å². The molecule has 1 saturated heterocycles. The molecule has 1 aromatic heterocycles. The van der Waals surface area contributed by atoms with Crippen LogP contribution in [-0.2, 0) is 9.59 Å². The molecule has 0 atom stereocenters. The minimum absolute atomic E-state index is 0.0215. The predicted molar refractivity (Wildman–Crippen MR) is 110 cm³/mol. The Morgan fingerprint density at radius 3 is 2.18 bits per heavy atom. The molecule has 3 amide bonds. The zero-order valence-electron chi connectivity index (χ0n) is 16.0. The third-order valence-electron chi connectivity index (χ3n) is 4.66. The summed E-state index contributed by atoms with van der Waals surface area (Å²) in [7, 11) is 3.07. The van der Waals surface area contributed by atoms with Crippen molar-refractivity contribution < 1.29 is 14.4 Å². The Balaban J connectivity index is 1.95. The molecule has 1 aliphatic heterocycles. The molecule has 28 heavy (non-hydrogen) atoms. The number of hydrogen-bond donors (Lipinski definition) is 1. The van der Waals surface area contributed by atoms with Crippen LogP contribution in [0.1, 0.15) is 27.3 Å². The molecule has 0 unspecified atom stereocenters. The van der Waals surface area contributed by atoms with Crippen LogP contribution in [0.4, 0.5) is 0 Å². The molecular formula is C20H20N4O3S. The van der Waals surface area contributed by atoms with E-state index in [1.54, 1.807) is 41.9 Å². The Morgan fingerprint density at radius 2 is 1.61 bits per heavy atom. The first-order valence-corrected chi connectivity index (χ1v) is 9.00. The predicted octanol–water partition coefficient (Wildman–Crippen LogP) is 2.09. The first-order chi connectivity index (χ1) is 13.2. The Hall–Kier alpha value is -3.26. The summed E-state index contributed by atoms with van der Waals surface area (Å²) in [5.74, 6) is -1.16. The molecule has 1 aromatic carbocycles. The number of nitrogens with one attached hydrogen (secondary N) is 1. The van der Waals surface area contributed by atoms with Crippen molar-refractivity contribution in [1.29, 1.82) is 0 Å². The van der Waals surface area contributed by atoms with Gasteiger partial charge >= 0.3 is 0 Å². The number of likely N-dealkylation sites (N-methyl/N-ethyl adjacent to an activating group) is 2. The largest absolute Gasteiger partial charge is 0.288 e. The van der Waals surface area contributed by atoms with Gasteiger partial charge < -0.3 is 0 Å². The zero-order chi connectivity index (χ0) is 20.6. The molecule has 8 heteroatoms. The molecule has 144 valence electrons. The van der Waals surface area contributed by atoms with Crippen LogP contribution in [0.15, 0.2) is 42.0 Å². The van der Waals surface area contributed by atoms with Crippen molar-refractivity contribution in [2.75, 3.05) is 19.5 Å². The summed E-state index contributed by atoms with van der Waals surface area (Å²) in [5.41, 5.74) is 5.52. The van der Waals surface area contributed by atoms with Crippen LogP contribution in [0.3, 0.4) is 0 Å². The lowest BCUT2D eigenvalue weighted by atomic mass is 10.1. The molecule has 0 bridgehead atoms. The monoisotopic (exact) mass is 396 g/mol. The molecule has 2 aromatic rings. The van der Waals surface area contributed by atoms with Gasteiger partial charge in [-0.05, 0) is 55.9 Å². The average Bonchev–Trinajstić information content (AvgIpc) is 2.96. The summed E-state index contributed by atoms with van der Waals surface area (Å²) in [6, 6.07) is 10.7. The van der Waals surface area contributed by atoms with Gasteiger partial charge in [-0.15, -0.1) is 0 Å². The Bertz CT molecular complexity index is 998. The van der Waals surface area contributed by atoms with Gasteiger partial charge in [0.2, 0.25) is 0 Å². The number of amides is 3. The molecule has 3 rings (SSSR count). The second kappa shape index (κ2) is 7.40. The summed E-state index contributed by atoms with van der Waals surface area (Å²) in [4.78, 5) is 40.0. The van der Waals surface area contributed by atoms with Gasteiger partial charge in [0.1, 0.15) is 5.57 Å². The highest BCUT2D eigenvalue weighted by Gasteiger charge is 2.35. The minimum atomic E-state index is -0.453. The Kier molecular flexibility index (Phi) is 5.15. The molecule has 0 saturated carbocycles. The fraction of sp³-hybridized carbons (Fsp3) is 0.200. The topological polar surface area (TPSA) is 74.7 Å². The van der Waals surface area contributed by atoms with Gasteiger partial charge in [0, 0.05) is 31.0 Å². The Morgan fingerprint density at radius 1 is 1.04 bits per heavy atom. The van der Waals surface area contributed by atoms with E-state index in [0.717, 1.165) is 5.69 Å². The quantitative estimate of drug-likeness (QED) is 0.490. The number of benzene rings is 1. The molecule has 0 radical (unpaired) electrons. The Labute approximate surface area is 168 Å². The van der Waals surface area contributed by atoms with Gasteiger partial charge in [0.25, 0.3) is 17.7 Å². The maximum absolute atomic E-state index is 12.5. The van der Waals surface area contributed by atoms with E-state index in [-0.39, 0.29) is 16.6 Å². The number of carbonyl (C=O) groups excluding carboxylic acids is 3. The van der Waals surface area contributed by atoms with Gasteiger partial charge in [0.15, 0.2) is 5.11 Å². The SMILES string of the molecule is Cc1cc(C=C2C(=O)N(C)C(=S)N(C)C2=O)c(C)n1NC(=O)c1ccccc1. The summed E-state index contributed by atoms with van der Waals surface area (Å²) < 4.78 is 1.64. The number of nitrogens with zero attached hydrogens (tertiary/aromatic N) is 3. The summed E-state index contributed by atoms with van der Waals surface area (Å²) >= 11 is 5.10. The van der Waals surface area contributed by atoms with Crippen LogP contribution in [0, 0.1) is 13.8 Å². The van der Waals surface area contributed by atoms with Crippen LogP contribution < -0.4 is 5.43 Å². The van der Waals surface area contributed by atoms with E-state index >= 15 is 0 Å². The summed E-state index contributed by atoms with van der Waals surface area (Å²) in [5, 5.41) is 0.160. The van der Waals surface area contributed by atoms with E-state index in [1.165, 1.54) is 30.0 Å². The van der Waals surface area contributed by atoms with E-state index in [0.29, 0.717) is 16.8 Å². The molecule has 7 nitrogen and oxygen atoms in total. The van der Waals surface area contributed by atoms with Gasteiger partial charge in [-0.1, -0.05) is 18.2 Å². The van der Waals surface area contributed by atoms with Crippen molar-refractivity contribution in [1.82, 2.24) is 14.5 Å². The van der Waals surface area contributed by atoms with Crippen molar-refractivity contribution in [3.05, 3.63) is 64.5 Å². The number of hydrogen-bond acceptors (Lipinski definition) is 4. The van der Waals surface area contributed by atoms with E-state index < -0.39 is 11.8 Å². The maximum Gasteiger partial charge on any atom is 0.270 e. The maximum atomic E-state index is 12.5. The van der Waals surface area contributed by atoms with E-state index in [4.69, 9.17) is 12.2 Å². The van der Waals surface area contributed by atoms with Crippen LogP contribution in [0.2, 0.25) is 0 Å². The van der Waals surface area contributed by atoms with Crippen molar-refractivity contribution >= 4 is 41.1 Å². The number of carbonyl (C=O) groups is 3. The van der Waals surface area contributed by atoms with Crippen LogP contribution in [0.25, 0.3) is 6.08 Å². The highest BCUT2D eigenvalue weighted by Crippen LogP contribution is 2.22. The van der Waals surface area contributed by atoms with Gasteiger partial charge in [-0.25, -0.2) is 0 Å². The molecule has 1 fully saturated rings. The first kappa shape index (κ1) is 19.5. The first-order valence-electron chi connectivity index (χ1n) is 8.59. The van der Waals surface area contributed by atoms with Crippen molar-refractivity contribution in [3.63, 3.8) is 0 Å². The number of rotatable bonds is 3. The lowest BCUT2D eigenvalue weighted by Gasteiger charge is -2.31. The highest BCUT2D eigenvalue weighted by atomic mass is 32.1. The van der Waals surface area contributed by atoms with Crippen LogP contribution in [0.5, 0.6) is 0 Å². The minimum Gasteiger partial charge on any atom is -0.288 e. The van der Waals surface area contributed by atoms with Crippen LogP contribution >= 0.6 is 12.2 Å². The molecule has 0 aliphatic carbocycles. The molecule has 1 N–H and O–H groups in total. The second-order valence-corrected chi connectivity index (χ2v) is 6.90. The molecule has 1 aliphatic rings. The average molecular weight is 396 g/mol. The summed E-state index contributed by atoms with van der Waals surface area (Å²) in [6.45, 7) is 3.64. The third kappa shape index (κ3) is 3.34. The lowest BCUT2D eigenvalue weighted by molar-refractivity contribution is -0.132. The number of thiocarbonyl (C=S) groups is 1. The smallest absolute Gasteiger partial charge is 0.270 e. The molecule has 0 spiro atoms. The summed E-state index contributed by atoms with van der Waals surface area (Å²) in [6.07, 6.45) is 1.53. The zero-order valence-corrected chi connectivity index (χ0v) is 16.8. The number of aromatic nitrogens is 1. The van der Waals surface area contributed by atoms with E-state index in [2.05, 4.69) is 5.43 Å². The van der Waals surface area contributed by atoms with Crippen molar-refractivity contribution in [2.24, 2.45) is 0 Å².